The highest BCUT2D eigenvalue weighted by atomic mass is 16.5. The van der Waals surface area contributed by atoms with Crippen LogP contribution >= 0.6 is 0 Å². The van der Waals surface area contributed by atoms with Crippen molar-refractivity contribution in [2.24, 2.45) is 0 Å². The molecule has 0 aliphatic heterocycles. The van der Waals surface area contributed by atoms with E-state index in [1.54, 1.807) is 13.8 Å². The number of hydrogen-bond acceptors (Lipinski definition) is 5. The first kappa shape index (κ1) is 26.8. The molecule has 0 spiro atoms. The van der Waals surface area contributed by atoms with Gasteiger partial charge in [-0.05, 0) is 32.4 Å². The van der Waals surface area contributed by atoms with Gasteiger partial charge in [0.25, 0.3) is 0 Å². The first-order chi connectivity index (χ1) is 13.1. The lowest BCUT2D eigenvalue weighted by Crippen LogP contribution is -2.06. The fraction of sp³-hybridized carbons (Fsp3) is 0.227. The van der Waals surface area contributed by atoms with Crippen LogP contribution in [0.4, 0.5) is 0 Å². The monoisotopic (exact) mass is 388 g/mol. The Balaban J connectivity index is 0. The summed E-state index contributed by atoms with van der Waals surface area (Å²) < 4.78 is 8.88. The Kier molecular flexibility index (Phi) is 15.1. The number of carbonyl (C=O) groups is 3. The second-order valence-corrected chi connectivity index (χ2v) is 5.26. The van der Waals surface area contributed by atoms with Crippen LogP contribution in [0.5, 0.6) is 0 Å². The highest BCUT2D eigenvalue weighted by molar-refractivity contribution is 5.94. The minimum absolute atomic E-state index is 0.0433. The van der Waals surface area contributed by atoms with Crippen molar-refractivity contribution >= 4 is 24.0 Å². The van der Waals surface area contributed by atoms with Crippen molar-refractivity contribution in [2.75, 3.05) is 13.7 Å². The van der Waals surface area contributed by atoms with Crippen LogP contribution < -0.4 is 0 Å². The maximum atomic E-state index is 10.9. The van der Waals surface area contributed by atoms with Gasteiger partial charge < -0.3 is 14.6 Å². The lowest BCUT2D eigenvalue weighted by molar-refractivity contribution is -0.138. The van der Waals surface area contributed by atoms with Crippen LogP contribution in [0.25, 0.3) is 6.08 Å². The Labute approximate surface area is 166 Å². The summed E-state index contributed by atoms with van der Waals surface area (Å²) in [5, 5.41) is 8.48. The SMILES string of the molecule is C=C(C)C(=O)OC.C=C(C=C(C)C(=O)O)C(=O)OCC.C=Cc1ccccc1. The van der Waals surface area contributed by atoms with E-state index in [-0.39, 0.29) is 23.7 Å². The number of ether oxygens (including phenoxy) is 2. The molecule has 0 atom stereocenters. The number of carboxylic acids is 1. The quantitative estimate of drug-likeness (QED) is 0.446. The van der Waals surface area contributed by atoms with Crippen LogP contribution in [0.3, 0.4) is 0 Å². The van der Waals surface area contributed by atoms with E-state index in [4.69, 9.17) is 5.11 Å². The third kappa shape index (κ3) is 13.8. The second-order valence-electron chi connectivity index (χ2n) is 5.26. The molecule has 152 valence electrons. The van der Waals surface area contributed by atoms with Crippen LogP contribution in [-0.4, -0.2) is 36.7 Å². The van der Waals surface area contributed by atoms with E-state index < -0.39 is 11.9 Å². The average molecular weight is 388 g/mol. The maximum absolute atomic E-state index is 10.9. The zero-order valence-corrected chi connectivity index (χ0v) is 16.9. The smallest absolute Gasteiger partial charge is 0.337 e. The highest BCUT2D eigenvalue weighted by Crippen LogP contribution is 2.02. The number of carbonyl (C=O) groups excluding carboxylic acids is 2. The third-order valence-corrected chi connectivity index (χ3v) is 2.83. The molecule has 0 fully saturated rings. The molecule has 1 aromatic rings. The largest absolute Gasteiger partial charge is 0.478 e. The van der Waals surface area contributed by atoms with Crippen molar-refractivity contribution in [2.45, 2.75) is 20.8 Å². The average Bonchev–Trinajstić information content (AvgIpc) is 2.68. The van der Waals surface area contributed by atoms with Crippen LogP contribution in [0.15, 0.2) is 72.9 Å². The molecule has 1 N–H and O–H groups in total. The van der Waals surface area contributed by atoms with Gasteiger partial charge in [-0.15, -0.1) is 0 Å². The van der Waals surface area contributed by atoms with Gasteiger partial charge in [0.2, 0.25) is 0 Å². The second kappa shape index (κ2) is 15.8. The van der Waals surface area contributed by atoms with Crippen molar-refractivity contribution in [3.05, 3.63) is 78.4 Å². The zero-order chi connectivity index (χ0) is 22.1. The van der Waals surface area contributed by atoms with Crippen LogP contribution in [0.2, 0.25) is 0 Å². The van der Waals surface area contributed by atoms with E-state index in [2.05, 4.69) is 29.2 Å². The Morgan fingerprint density at radius 1 is 1.07 bits per heavy atom. The van der Waals surface area contributed by atoms with E-state index in [0.29, 0.717) is 5.57 Å². The Morgan fingerprint density at radius 2 is 1.61 bits per heavy atom. The zero-order valence-electron chi connectivity index (χ0n) is 16.9. The predicted octanol–water partition coefficient (Wildman–Crippen LogP) is 4.20. The molecule has 0 aromatic heterocycles. The van der Waals surface area contributed by atoms with Gasteiger partial charge in [0.15, 0.2) is 0 Å². The van der Waals surface area contributed by atoms with Crippen LogP contribution in [0.1, 0.15) is 26.3 Å². The molecule has 0 amide bonds. The van der Waals surface area contributed by atoms with E-state index >= 15 is 0 Å². The molecule has 0 unspecified atom stereocenters. The van der Waals surface area contributed by atoms with Crippen molar-refractivity contribution in [3.8, 4) is 0 Å². The molecule has 0 radical (unpaired) electrons. The topological polar surface area (TPSA) is 89.9 Å². The van der Waals surface area contributed by atoms with E-state index in [0.717, 1.165) is 0 Å². The van der Waals surface area contributed by atoms with Crippen molar-refractivity contribution < 1.29 is 29.0 Å². The summed E-state index contributed by atoms with van der Waals surface area (Å²) in [6, 6.07) is 10.0. The number of aliphatic carboxylic acids is 1. The van der Waals surface area contributed by atoms with Crippen molar-refractivity contribution in [1.29, 1.82) is 0 Å². The summed E-state index contributed by atoms with van der Waals surface area (Å²) in [6.07, 6.45) is 3.01. The van der Waals surface area contributed by atoms with Gasteiger partial charge >= 0.3 is 17.9 Å². The van der Waals surface area contributed by atoms with Gasteiger partial charge in [-0.3, -0.25) is 0 Å². The fourth-order valence-corrected chi connectivity index (χ4v) is 1.37. The number of benzene rings is 1. The lowest BCUT2D eigenvalue weighted by Gasteiger charge is -2.00. The molecule has 1 rings (SSSR count). The summed E-state index contributed by atoms with van der Waals surface area (Å²) in [5.41, 5.74) is 1.70. The molecular formula is C22H28O6. The summed E-state index contributed by atoms with van der Waals surface area (Å²) in [6.45, 7) is 15.3. The number of methoxy groups -OCH3 is 1. The van der Waals surface area contributed by atoms with Gasteiger partial charge in [0, 0.05) is 11.1 Å². The van der Waals surface area contributed by atoms with Crippen LogP contribution in [-0.2, 0) is 23.9 Å². The summed E-state index contributed by atoms with van der Waals surface area (Å²) in [5.74, 6) is -2.02. The third-order valence-electron chi connectivity index (χ3n) is 2.83. The lowest BCUT2D eigenvalue weighted by atomic mass is 10.2. The Bertz CT molecular complexity index is 714. The Hall–Kier alpha value is -3.41. The number of esters is 2. The standard InChI is InChI=1S/C9H12O4.C8H8.C5H8O2/c1-4-13-9(12)7(3)5-6(2)8(10)11;1-2-8-6-4-3-5-7-8;1-4(2)5(6)7-3/h5H,3-4H2,1-2H3,(H,10,11);2-7H,1H2;1H2,2-3H3. The summed E-state index contributed by atoms with van der Waals surface area (Å²) in [4.78, 5) is 31.5. The summed E-state index contributed by atoms with van der Waals surface area (Å²) in [7, 11) is 1.33. The molecule has 6 nitrogen and oxygen atoms in total. The fourth-order valence-electron chi connectivity index (χ4n) is 1.37. The van der Waals surface area contributed by atoms with Gasteiger partial charge in [0.1, 0.15) is 0 Å². The molecule has 1 aromatic carbocycles. The molecule has 0 bridgehead atoms. The number of carboxylic acid groups (broad SMARTS) is 1. The van der Waals surface area contributed by atoms with Gasteiger partial charge in [-0.25, -0.2) is 14.4 Å². The van der Waals surface area contributed by atoms with E-state index in [9.17, 15) is 14.4 Å². The molecular weight excluding hydrogens is 360 g/mol. The minimum atomic E-state index is -1.08. The first-order valence-electron chi connectivity index (χ1n) is 8.29. The van der Waals surface area contributed by atoms with Gasteiger partial charge in [-0.2, -0.15) is 0 Å². The molecule has 0 aliphatic carbocycles. The number of rotatable bonds is 6. The molecule has 0 saturated carbocycles. The van der Waals surface area contributed by atoms with Crippen molar-refractivity contribution in [3.63, 3.8) is 0 Å². The highest BCUT2D eigenvalue weighted by Gasteiger charge is 2.07. The van der Waals surface area contributed by atoms with E-state index in [1.165, 1.54) is 25.7 Å². The summed E-state index contributed by atoms with van der Waals surface area (Å²) >= 11 is 0. The molecule has 0 aliphatic rings. The Morgan fingerprint density at radius 3 is 1.89 bits per heavy atom. The first-order valence-corrected chi connectivity index (χ1v) is 8.29. The van der Waals surface area contributed by atoms with E-state index in [1.807, 2.05) is 36.4 Å². The molecule has 0 heterocycles. The number of hydrogen-bond donors (Lipinski definition) is 1. The van der Waals surface area contributed by atoms with Gasteiger partial charge in [-0.1, -0.05) is 56.1 Å². The maximum Gasteiger partial charge on any atom is 0.337 e. The van der Waals surface area contributed by atoms with Gasteiger partial charge in [0.05, 0.1) is 19.3 Å². The predicted molar refractivity (Wildman–Crippen MR) is 111 cm³/mol. The molecule has 28 heavy (non-hydrogen) atoms. The normalized spacial score (nSPS) is 9.36. The van der Waals surface area contributed by atoms with Crippen molar-refractivity contribution in [1.82, 2.24) is 0 Å². The van der Waals surface area contributed by atoms with Crippen LogP contribution in [0, 0.1) is 0 Å². The molecule has 6 heteroatoms. The molecule has 0 saturated heterocycles. The minimum Gasteiger partial charge on any atom is -0.478 e.